The van der Waals surface area contributed by atoms with Gasteiger partial charge in [0.2, 0.25) is 0 Å². The second-order valence-electron chi connectivity index (χ2n) is 6.17. The molecule has 0 radical (unpaired) electrons. The molecule has 0 bridgehead atoms. The maximum atomic E-state index is 12.6. The summed E-state index contributed by atoms with van der Waals surface area (Å²) in [4.78, 5) is 33.5. The van der Waals surface area contributed by atoms with Gasteiger partial charge in [0.25, 0.3) is 11.6 Å². The van der Waals surface area contributed by atoms with Crippen LogP contribution >= 0.6 is 23.4 Å². The van der Waals surface area contributed by atoms with Gasteiger partial charge in [0.05, 0.1) is 26.1 Å². The number of aromatic nitrogens is 1. The molecule has 3 aromatic rings. The van der Waals surface area contributed by atoms with E-state index in [1.807, 2.05) is 0 Å². The summed E-state index contributed by atoms with van der Waals surface area (Å²) in [6.07, 6.45) is 4.63. The zero-order chi connectivity index (χ0) is 21.3. The third-order valence-electron chi connectivity index (χ3n) is 4.24. The lowest BCUT2D eigenvalue weighted by Gasteiger charge is -2.07. The number of aliphatic imine (C=N–C) groups is 1. The van der Waals surface area contributed by atoms with E-state index < -0.39 is 4.92 Å². The highest BCUT2D eigenvalue weighted by Crippen LogP contribution is 2.36. The molecule has 1 aliphatic rings. The summed E-state index contributed by atoms with van der Waals surface area (Å²) < 4.78 is 5.74. The van der Waals surface area contributed by atoms with Gasteiger partial charge in [-0.3, -0.25) is 24.8 Å². The molecule has 4 rings (SSSR count). The van der Waals surface area contributed by atoms with Crippen LogP contribution in [0, 0.1) is 10.1 Å². The number of hydrogen-bond donors (Lipinski definition) is 0. The normalized spacial score (nSPS) is 16.6. The summed E-state index contributed by atoms with van der Waals surface area (Å²) in [5.41, 5.74) is 0.816. The van der Waals surface area contributed by atoms with E-state index in [1.54, 1.807) is 55.7 Å². The van der Waals surface area contributed by atoms with Gasteiger partial charge in [-0.1, -0.05) is 23.7 Å². The van der Waals surface area contributed by atoms with Crippen molar-refractivity contribution in [2.75, 3.05) is 7.05 Å². The largest absolute Gasteiger partial charge is 0.456 e. The summed E-state index contributed by atoms with van der Waals surface area (Å²) in [6.45, 7) is 0. The Labute approximate surface area is 180 Å². The summed E-state index contributed by atoms with van der Waals surface area (Å²) in [5.74, 6) is 0.499. The number of hydrogen-bond acceptors (Lipinski definition) is 7. The Kier molecular flexibility index (Phi) is 5.39. The maximum absolute atomic E-state index is 12.6. The quantitative estimate of drug-likeness (QED) is 0.316. The number of halogens is 1. The van der Waals surface area contributed by atoms with Crippen molar-refractivity contribution in [3.05, 3.63) is 80.7 Å². The molecule has 1 fully saturated rings. The lowest BCUT2D eigenvalue weighted by Crippen LogP contribution is -2.23. The Morgan fingerprint density at radius 2 is 2.07 bits per heavy atom. The van der Waals surface area contributed by atoms with Crippen molar-refractivity contribution in [1.82, 2.24) is 9.88 Å². The van der Waals surface area contributed by atoms with Gasteiger partial charge in [-0.25, -0.2) is 4.99 Å². The molecule has 0 saturated carbocycles. The third kappa shape index (κ3) is 3.85. The van der Waals surface area contributed by atoms with E-state index in [9.17, 15) is 14.9 Å². The zero-order valence-corrected chi connectivity index (χ0v) is 17.1. The molecular weight excluding hydrogens is 428 g/mol. The summed E-state index contributed by atoms with van der Waals surface area (Å²) in [6, 6.07) is 11.3. The summed E-state index contributed by atoms with van der Waals surface area (Å²) >= 11 is 7.27. The van der Waals surface area contributed by atoms with Crippen LogP contribution in [0.3, 0.4) is 0 Å². The monoisotopic (exact) mass is 440 g/mol. The Bertz CT molecular complexity index is 1220. The van der Waals surface area contributed by atoms with Crippen molar-refractivity contribution >= 4 is 51.9 Å². The van der Waals surface area contributed by atoms with Gasteiger partial charge in [0.15, 0.2) is 5.17 Å². The number of furan rings is 1. The fraction of sp³-hybridized carbons (Fsp3) is 0.0500. The Morgan fingerprint density at radius 3 is 2.83 bits per heavy atom. The Morgan fingerprint density at radius 1 is 1.27 bits per heavy atom. The lowest BCUT2D eigenvalue weighted by atomic mass is 10.1. The number of benzene rings is 1. The number of amidine groups is 1. The molecule has 2 aromatic heterocycles. The van der Waals surface area contributed by atoms with Crippen LogP contribution in [0.15, 0.2) is 69.2 Å². The highest BCUT2D eigenvalue weighted by Gasteiger charge is 2.31. The first-order valence-electron chi connectivity index (χ1n) is 8.63. The van der Waals surface area contributed by atoms with Crippen molar-refractivity contribution in [2.24, 2.45) is 4.99 Å². The smallest absolute Gasteiger partial charge is 0.280 e. The average molecular weight is 441 g/mol. The zero-order valence-electron chi connectivity index (χ0n) is 15.5. The number of pyridine rings is 1. The SMILES string of the molecule is CN1C(=O)/C(=C\c2ccc(-c3ccccc3[N+](=O)[O-])o2)SC1=Nc1ccncc1Cl. The van der Waals surface area contributed by atoms with Crippen molar-refractivity contribution in [3.8, 4) is 11.3 Å². The van der Waals surface area contributed by atoms with Gasteiger partial charge in [-0.2, -0.15) is 0 Å². The number of nitrogens with zero attached hydrogens (tertiary/aromatic N) is 4. The van der Waals surface area contributed by atoms with Gasteiger partial charge < -0.3 is 4.42 Å². The number of nitro groups is 1. The number of para-hydroxylation sites is 1. The summed E-state index contributed by atoms with van der Waals surface area (Å²) in [7, 11) is 1.62. The first-order valence-corrected chi connectivity index (χ1v) is 9.83. The maximum Gasteiger partial charge on any atom is 0.280 e. The minimum absolute atomic E-state index is 0.0549. The predicted molar refractivity (Wildman–Crippen MR) is 115 cm³/mol. The molecule has 8 nitrogen and oxygen atoms in total. The first kappa shape index (κ1) is 19.9. The highest BCUT2D eigenvalue weighted by atomic mass is 35.5. The minimum atomic E-state index is -0.464. The van der Waals surface area contributed by atoms with Crippen molar-refractivity contribution in [2.45, 2.75) is 0 Å². The van der Waals surface area contributed by atoms with Crippen molar-refractivity contribution < 1.29 is 14.1 Å². The molecule has 0 atom stereocenters. The predicted octanol–water partition coefficient (Wildman–Crippen LogP) is 5.14. The van der Waals surface area contributed by atoms with E-state index in [4.69, 9.17) is 16.0 Å². The molecule has 0 N–H and O–H groups in total. The van der Waals surface area contributed by atoms with E-state index in [-0.39, 0.29) is 11.6 Å². The van der Waals surface area contributed by atoms with E-state index in [1.165, 1.54) is 28.9 Å². The fourth-order valence-electron chi connectivity index (χ4n) is 2.76. The molecule has 1 aliphatic heterocycles. The standard InChI is InChI=1S/C20H13ClN4O4S/c1-24-19(26)18(30-20(24)23-15-8-9-22-11-14(15)21)10-12-6-7-17(29-12)13-4-2-3-5-16(13)25(27)28/h2-11H,1H3/b18-10+,23-20?. The van der Waals surface area contributed by atoms with Crippen molar-refractivity contribution in [1.29, 1.82) is 0 Å². The topological polar surface area (TPSA) is 102 Å². The molecule has 0 unspecified atom stereocenters. The van der Waals surface area contributed by atoms with Gasteiger partial charge in [-0.15, -0.1) is 0 Å². The second kappa shape index (κ2) is 8.13. The average Bonchev–Trinajstić information content (AvgIpc) is 3.30. The number of thioether (sulfide) groups is 1. The van der Waals surface area contributed by atoms with Crippen LogP contribution in [-0.4, -0.2) is 32.9 Å². The van der Waals surface area contributed by atoms with E-state index in [0.29, 0.717) is 37.9 Å². The van der Waals surface area contributed by atoms with Crippen LogP contribution in [-0.2, 0) is 4.79 Å². The number of nitro benzene ring substituents is 1. The van der Waals surface area contributed by atoms with E-state index in [0.717, 1.165) is 0 Å². The molecule has 30 heavy (non-hydrogen) atoms. The van der Waals surface area contributed by atoms with Crippen LogP contribution in [0.25, 0.3) is 17.4 Å². The van der Waals surface area contributed by atoms with Crippen LogP contribution < -0.4 is 0 Å². The van der Waals surface area contributed by atoms with Crippen LogP contribution in [0.2, 0.25) is 5.02 Å². The van der Waals surface area contributed by atoms with Crippen LogP contribution in [0.5, 0.6) is 0 Å². The van der Waals surface area contributed by atoms with Gasteiger partial charge >= 0.3 is 0 Å². The molecule has 1 aromatic carbocycles. The highest BCUT2D eigenvalue weighted by molar-refractivity contribution is 8.18. The molecule has 10 heteroatoms. The molecule has 0 spiro atoms. The third-order valence-corrected chi connectivity index (χ3v) is 5.59. The Balaban J connectivity index is 1.63. The number of amides is 1. The first-order chi connectivity index (χ1) is 14.4. The Hall–Kier alpha value is -3.43. The van der Waals surface area contributed by atoms with Gasteiger partial charge in [-0.05, 0) is 36.0 Å². The number of likely N-dealkylation sites (N-methyl/N-ethyl adjacent to an activating group) is 1. The molecule has 1 amide bonds. The van der Waals surface area contributed by atoms with Crippen molar-refractivity contribution in [3.63, 3.8) is 0 Å². The number of carbonyl (C=O) groups excluding carboxylic acids is 1. The van der Waals surface area contributed by atoms with Crippen LogP contribution in [0.4, 0.5) is 11.4 Å². The van der Waals surface area contributed by atoms with Gasteiger partial charge in [0.1, 0.15) is 11.5 Å². The second-order valence-corrected chi connectivity index (χ2v) is 7.59. The summed E-state index contributed by atoms with van der Waals surface area (Å²) in [5, 5.41) is 12.1. The van der Waals surface area contributed by atoms with E-state index >= 15 is 0 Å². The molecular formula is C20H13ClN4O4S. The molecule has 1 saturated heterocycles. The molecule has 3 heterocycles. The number of carbonyl (C=O) groups is 1. The van der Waals surface area contributed by atoms with Crippen LogP contribution in [0.1, 0.15) is 5.76 Å². The molecule has 150 valence electrons. The molecule has 0 aliphatic carbocycles. The fourth-order valence-corrected chi connectivity index (χ4v) is 3.88. The van der Waals surface area contributed by atoms with E-state index in [2.05, 4.69) is 9.98 Å². The van der Waals surface area contributed by atoms with Gasteiger partial charge in [0, 0.05) is 31.6 Å². The minimum Gasteiger partial charge on any atom is -0.456 e. The lowest BCUT2D eigenvalue weighted by molar-refractivity contribution is -0.384. The number of rotatable bonds is 4.